The van der Waals surface area contributed by atoms with Crippen LogP contribution in [0.5, 0.6) is 11.5 Å². The van der Waals surface area contributed by atoms with Crippen LogP contribution in [0.4, 0.5) is 5.69 Å². The number of aryl methyl sites for hydroxylation is 1. The number of halogens is 2. The Hall–Kier alpha value is -3.48. The molecule has 3 aromatic rings. The normalized spacial score (nSPS) is 17.2. The van der Waals surface area contributed by atoms with Crippen molar-refractivity contribution in [2.75, 3.05) is 19.1 Å². The van der Waals surface area contributed by atoms with Gasteiger partial charge in [0.1, 0.15) is 17.3 Å². The number of rotatable bonds is 5. The Morgan fingerprint density at radius 2 is 1.55 bits per heavy atom. The topological polar surface area (TPSA) is 76.1 Å². The predicted molar refractivity (Wildman–Crippen MR) is 151 cm³/mol. The van der Waals surface area contributed by atoms with Crippen molar-refractivity contribution in [2.45, 2.75) is 39.2 Å². The van der Waals surface area contributed by atoms with E-state index < -0.39 is 23.5 Å². The van der Waals surface area contributed by atoms with E-state index in [4.69, 9.17) is 32.7 Å². The Kier molecular flexibility index (Phi) is 7.51. The van der Waals surface area contributed by atoms with E-state index in [9.17, 15) is 14.7 Å². The van der Waals surface area contributed by atoms with E-state index in [0.29, 0.717) is 21.8 Å². The van der Waals surface area contributed by atoms with Crippen molar-refractivity contribution in [3.8, 4) is 11.5 Å². The molecule has 1 fully saturated rings. The lowest BCUT2D eigenvalue weighted by atomic mass is 9.85. The summed E-state index contributed by atoms with van der Waals surface area (Å²) in [6, 6.07) is 14.8. The number of ketones is 1. The lowest BCUT2D eigenvalue weighted by Gasteiger charge is -2.28. The minimum atomic E-state index is -0.907. The third kappa shape index (κ3) is 4.86. The van der Waals surface area contributed by atoms with E-state index in [-0.39, 0.29) is 33.1 Å². The van der Waals surface area contributed by atoms with Crippen molar-refractivity contribution in [3.63, 3.8) is 0 Å². The van der Waals surface area contributed by atoms with E-state index in [0.717, 1.165) is 5.56 Å². The van der Waals surface area contributed by atoms with E-state index in [1.807, 2.05) is 31.2 Å². The molecule has 1 unspecified atom stereocenters. The first-order valence-corrected chi connectivity index (χ1v) is 12.7. The van der Waals surface area contributed by atoms with Gasteiger partial charge in [-0.3, -0.25) is 14.5 Å². The number of Topliss-reactive ketones (excluding diaryl/α,β-unsaturated/α-hetero) is 1. The van der Waals surface area contributed by atoms with Crippen LogP contribution in [0, 0.1) is 6.92 Å². The second-order valence-corrected chi connectivity index (χ2v) is 11.0. The summed E-state index contributed by atoms with van der Waals surface area (Å²) in [5.41, 5.74) is 2.98. The molecule has 1 N–H and O–H groups in total. The Morgan fingerprint density at radius 3 is 2.11 bits per heavy atom. The van der Waals surface area contributed by atoms with E-state index >= 15 is 0 Å². The van der Waals surface area contributed by atoms with Gasteiger partial charge in [-0.25, -0.2) is 0 Å². The molecule has 1 atom stereocenters. The average Bonchev–Trinajstić information content (AvgIpc) is 3.13. The molecule has 38 heavy (non-hydrogen) atoms. The molecule has 0 aromatic heterocycles. The Morgan fingerprint density at radius 1 is 0.921 bits per heavy atom. The third-order valence-electron chi connectivity index (χ3n) is 6.68. The van der Waals surface area contributed by atoms with E-state index in [2.05, 4.69) is 20.8 Å². The first-order chi connectivity index (χ1) is 17.9. The molecule has 6 nitrogen and oxygen atoms in total. The quantitative estimate of drug-likeness (QED) is 0.204. The van der Waals surface area contributed by atoms with Gasteiger partial charge >= 0.3 is 0 Å². The largest absolute Gasteiger partial charge is 0.507 e. The van der Waals surface area contributed by atoms with E-state index in [1.165, 1.54) is 31.3 Å². The highest BCUT2D eigenvalue weighted by molar-refractivity contribution is 6.52. The minimum Gasteiger partial charge on any atom is -0.507 e. The number of carbonyl (C=O) groups excluding carboxylic acids is 2. The molecule has 1 heterocycles. The van der Waals surface area contributed by atoms with Gasteiger partial charge in [0.15, 0.2) is 0 Å². The van der Waals surface area contributed by atoms with Crippen molar-refractivity contribution >= 4 is 46.3 Å². The zero-order valence-electron chi connectivity index (χ0n) is 22.1. The van der Waals surface area contributed by atoms with Gasteiger partial charge in [0.25, 0.3) is 11.7 Å². The summed E-state index contributed by atoms with van der Waals surface area (Å²) in [5.74, 6) is -1.47. The van der Waals surface area contributed by atoms with Crippen LogP contribution in [0.1, 0.15) is 49.1 Å². The van der Waals surface area contributed by atoms with Gasteiger partial charge in [-0.15, -0.1) is 0 Å². The average molecular weight is 554 g/mol. The number of carbonyl (C=O) groups is 2. The number of aliphatic hydroxyl groups excluding tert-OH is 1. The molecule has 8 heteroatoms. The molecule has 4 rings (SSSR count). The van der Waals surface area contributed by atoms with Gasteiger partial charge < -0.3 is 14.6 Å². The fraction of sp³-hybridized carbons (Fsp3) is 0.267. The summed E-state index contributed by atoms with van der Waals surface area (Å²) in [6.07, 6.45) is 0. The summed E-state index contributed by atoms with van der Waals surface area (Å²) in [6.45, 7) is 8.12. The number of ether oxygens (including phenoxy) is 2. The molecule has 0 aliphatic carbocycles. The molecule has 0 bridgehead atoms. The van der Waals surface area contributed by atoms with Crippen LogP contribution in [0.3, 0.4) is 0 Å². The van der Waals surface area contributed by atoms with Crippen LogP contribution in [0.25, 0.3) is 5.76 Å². The van der Waals surface area contributed by atoms with E-state index in [1.54, 1.807) is 18.2 Å². The van der Waals surface area contributed by atoms with Crippen LogP contribution in [0.2, 0.25) is 10.0 Å². The van der Waals surface area contributed by atoms with Gasteiger partial charge in [-0.2, -0.15) is 0 Å². The highest BCUT2D eigenvalue weighted by Crippen LogP contribution is 2.46. The smallest absolute Gasteiger partial charge is 0.300 e. The Balaban J connectivity index is 2.01. The maximum Gasteiger partial charge on any atom is 0.300 e. The SMILES string of the molecule is COc1cc(/C(O)=C2\C(=O)C(=O)N(c3ccc(Cl)cc3C)C2c2ccc(C(C)(C)C)cc2)c(OC)cc1Cl. The molecule has 198 valence electrons. The molecular weight excluding hydrogens is 525 g/mol. The van der Waals surface area contributed by atoms with Crippen molar-refractivity contribution in [3.05, 3.63) is 92.5 Å². The maximum atomic E-state index is 13.6. The molecular formula is C30H29Cl2NO5. The van der Waals surface area contributed by atoms with Crippen LogP contribution < -0.4 is 14.4 Å². The molecule has 3 aromatic carbocycles. The van der Waals surface area contributed by atoms with Crippen LogP contribution in [-0.2, 0) is 15.0 Å². The molecule has 0 saturated carbocycles. The van der Waals surface area contributed by atoms with Crippen molar-refractivity contribution in [2.24, 2.45) is 0 Å². The highest BCUT2D eigenvalue weighted by Gasteiger charge is 2.47. The standard InChI is InChI=1S/C30H29Cl2NO5/c1-16-13-19(31)11-12-22(16)33-26(17-7-9-18(10-8-17)30(2,3)4)25(28(35)29(33)36)27(34)20-14-24(38-6)21(32)15-23(20)37-5/h7-15,26,34H,1-6H3/b27-25+. The Bertz CT molecular complexity index is 1450. The fourth-order valence-corrected chi connectivity index (χ4v) is 5.10. The summed E-state index contributed by atoms with van der Waals surface area (Å²) < 4.78 is 10.8. The van der Waals surface area contributed by atoms with Crippen molar-refractivity contribution in [1.29, 1.82) is 0 Å². The van der Waals surface area contributed by atoms with Crippen molar-refractivity contribution in [1.82, 2.24) is 0 Å². The van der Waals surface area contributed by atoms with Crippen molar-refractivity contribution < 1.29 is 24.2 Å². The first kappa shape index (κ1) is 27.6. The van der Waals surface area contributed by atoms with Gasteiger partial charge in [-0.05, 0) is 53.3 Å². The van der Waals surface area contributed by atoms with Gasteiger partial charge in [0.05, 0.1) is 36.4 Å². The molecule has 1 aliphatic heterocycles. The highest BCUT2D eigenvalue weighted by atomic mass is 35.5. The molecule has 1 saturated heterocycles. The first-order valence-electron chi connectivity index (χ1n) is 12.0. The number of hydrogen-bond donors (Lipinski definition) is 1. The number of nitrogens with zero attached hydrogens (tertiary/aromatic N) is 1. The number of hydrogen-bond acceptors (Lipinski definition) is 5. The summed E-state index contributed by atoms with van der Waals surface area (Å²) in [7, 11) is 2.86. The summed E-state index contributed by atoms with van der Waals surface area (Å²) in [5, 5.41) is 12.4. The molecule has 1 amide bonds. The second-order valence-electron chi connectivity index (χ2n) is 10.2. The lowest BCUT2D eigenvalue weighted by Crippen LogP contribution is -2.30. The number of benzene rings is 3. The number of aliphatic hydroxyl groups is 1. The summed E-state index contributed by atoms with van der Waals surface area (Å²) in [4.78, 5) is 28.5. The second kappa shape index (κ2) is 10.4. The molecule has 0 radical (unpaired) electrons. The van der Waals surface area contributed by atoms with Gasteiger partial charge in [0.2, 0.25) is 0 Å². The zero-order chi connectivity index (χ0) is 27.9. The number of methoxy groups -OCH3 is 2. The minimum absolute atomic E-state index is 0.0736. The van der Waals surface area contributed by atoms with Crippen LogP contribution in [-0.4, -0.2) is 31.0 Å². The van der Waals surface area contributed by atoms with Gasteiger partial charge in [-0.1, -0.05) is 68.2 Å². The fourth-order valence-electron chi connectivity index (χ4n) is 4.64. The van der Waals surface area contributed by atoms with Gasteiger partial charge in [0, 0.05) is 16.8 Å². The maximum absolute atomic E-state index is 13.6. The monoisotopic (exact) mass is 553 g/mol. The third-order valence-corrected chi connectivity index (χ3v) is 7.21. The predicted octanol–water partition coefficient (Wildman–Crippen LogP) is 7.24. The zero-order valence-corrected chi connectivity index (χ0v) is 23.6. The molecule has 0 spiro atoms. The summed E-state index contributed by atoms with van der Waals surface area (Å²) >= 11 is 12.4. The Labute approximate surface area is 232 Å². The lowest BCUT2D eigenvalue weighted by molar-refractivity contribution is -0.132. The number of amides is 1. The van der Waals surface area contributed by atoms with Crippen LogP contribution >= 0.6 is 23.2 Å². The van der Waals surface area contributed by atoms with Crippen LogP contribution in [0.15, 0.2) is 60.2 Å². The number of anilines is 1. The molecule has 1 aliphatic rings.